The molecular formula is C30H37F2N9O4. The quantitative estimate of drug-likeness (QED) is 0.162. The van der Waals surface area contributed by atoms with Gasteiger partial charge in [-0.05, 0) is 46.6 Å². The van der Waals surface area contributed by atoms with Crippen molar-refractivity contribution in [3.63, 3.8) is 0 Å². The highest BCUT2D eigenvalue weighted by atomic mass is 19.1. The number of anilines is 3. The second-order valence-corrected chi connectivity index (χ2v) is 11.9. The van der Waals surface area contributed by atoms with E-state index < -0.39 is 23.2 Å². The second kappa shape index (κ2) is 13.5. The van der Waals surface area contributed by atoms with Crippen LogP contribution in [0.5, 0.6) is 0 Å². The molecule has 3 N–H and O–H groups in total. The number of ether oxygens (including phenoxy) is 2. The van der Waals surface area contributed by atoms with Crippen molar-refractivity contribution in [2.75, 3.05) is 36.9 Å². The largest absolute Gasteiger partial charge is 0.458 e. The van der Waals surface area contributed by atoms with Crippen molar-refractivity contribution in [3.8, 4) is 0 Å². The number of nitrogens with zero attached hydrogens (tertiary/aromatic N) is 6. The van der Waals surface area contributed by atoms with Crippen LogP contribution >= 0.6 is 0 Å². The summed E-state index contributed by atoms with van der Waals surface area (Å²) in [5, 5.41) is 18.7. The Kier molecular flexibility index (Phi) is 9.56. The maximum atomic E-state index is 14.3. The number of halogens is 2. The number of aryl methyl sites for hydroxylation is 1. The van der Waals surface area contributed by atoms with Gasteiger partial charge in [0.15, 0.2) is 11.5 Å². The number of piperidine rings is 1. The number of hydrogen-bond donors (Lipinski definition) is 3. The summed E-state index contributed by atoms with van der Waals surface area (Å²) in [4.78, 5) is 35.7. The lowest BCUT2D eigenvalue weighted by Gasteiger charge is -2.32. The number of esters is 1. The van der Waals surface area contributed by atoms with E-state index in [-0.39, 0.29) is 49.6 Å². The van der Waals surface area contributed by atoms with E-state index in [9.17, 15) is 18.4 Å². The summed E-state index contributed by atoms with van der Waals surface area (Å²) < 4.78 is 40.1. The third kappa shape index (κ3) is 8.29. The Labute approximate surface area is 258 Å². The Morgan fingerprint density at radius 1 is 1.13 bits per heavy atom. The molecule has 13 nitrogen and oxygen atoms in total. The number of benzene rings is 1. The molecular weight excluding hydrogens is 588 g/mol. The van der Waals surface area contributed by atoms with Crippen molar-refractivity contribution < 1.29 is 27.8 Å². The van der Waals surface area contributed by atoms with E-state index in [1.165, 1.54) is 12.1 Å². The van der Waals surface area contributed by atoms with Crippen LogP contribution in [-0.4, -0.2) is 78.6 Å². The SMILES string of the molecule is Cc1cc(Nc2nc(NCc3ccc(F)cc3F)nc3c2cnn3C2CCN(C(=O)CCOCC(=O)OC(C)(C)C)CC2)n[nH]1. The maximum absolute atomic E-state index is 14.3. The molecule has 4 aromatic rings. The van der Waals surface area contributed by atoms with Crippen molar-refractivity contribution in [3.05, 3.63) is 53.4 Å². The number of carbonyl (C=O) groups is 2. The number of hydrogen-bond acceptors (Lipinski definition) is 10. The zero-order valence-electron chi connectivity index (χ0n) is 25.7. The van der Waals surface area contributed by atoms with E-state index >= 15 is 0 Å². The van der Waals surface area contributed by atoms with Gasteiger partial charge in [-0.2, -0.15) is 20.2 Å². The first kappa shape index (κ1) is 31.8. The molecule has 1 amide bonds. The van der Waals surface area contributed by atoms with E-state index in [0.29, 0.717) is 48.6 Å². The minimum atomic E-state index is -0.671. The lowest BCUT2D eigenvalue weighted by Crippen LogP contribution is -2.39. The Hall–Kier alpha value is -4.66. The first-order chi connectivity index (χ1) is 21.4. The fraction of sp³-hybridized carbons (Fsp3) is 0.467. The minimum Gasteiger partial charge on any atom is -0.458 e. The number of H-pyrrole nitrogens is 1. The number of nitrogens with one attached hydrogen (secondary N) is 3. The molecule has 1 saturated heterocycles. The van der Waals surface area contributed by atoms with Crippen LogP contribution in [0.2, 0.25) is 0 Å². The fourth-order valence-electron chi connectivity index (χ4n) is 5.01. The highest BCUT2D eigenvalue weighted by Gasteiger charge is 2.27. The third-order valence-corrected chi connectivity index (χ3v) is 7.12. The molecule has 5 rings (SSSR count). The highest BCUT2D eigenvalue weighted by Crippen LogP contribution is 2.30. The molecule has 1 aliphatic heterocycles. The average Bonchev–Trinajstić information content (AvgIpc) is 3.60. The summed E-state index contributed by atoms with van der Waals surface area (Å²) in [6.07, 6.45) is 3.14. The number of aromatic nitrogens is 6. The molecule has 3 aromatic heterocycles. The smallest absolute Gasteiger partial charge is 0.332 e. The lowest BCUT2D eigenvalue weighted by atomic mass is 10.0. The fourth-order valence-corrected chi connectivity index (χ4v) is 5.01. The van der Waals surface area contributed by atoms with Gasteiger partial charge < -0.3 is 25.0 Å². The van der Waals surface area contributed by atoms with Gasteiger partial charge in [0.2, 0.25) is 11.9 Å². The number of rotatable bonds is 11. The van der Waals surface area contributed by atoms with E-state index in [2.05, 4.69) is 30.9 Å². The first-order valence-corrected chi connectivity index (χ1v) is 14.7. The van der Waals surface area contributed by atoms with Crippen molar-refractivity contribution in [2.24, 2.45) is 0 Å². The van der Waals surface area contributed by atoms with Gasteiger partial charge in [0.1, 0.15) is 29.7 Å². The Morgan fingerprint density at radius 3 is 2.60 bits per heavy atom. The first-order valence-electron chi connectivity index (χ1n) is 14.7. The molecule has 1 aliphatic rings. The van der Waals surface area contributed by atoms with E-state index in [4.69, 9.17) is 14.5 Å². The summed E-state index contributed by atoms with van der Waals surface area (Å²) in [6, 6.07) is 5.19. The zero-order valence-corrected chi connectivity index (χ0v) is 25.7. The molecule has 0 radical (unpaired) electrons. The van der Waals surface area contributed by atoms with E-state index in [1.807, 2.05) is 17.7 Å². The monoisotopic (exact) mass is 625 g/mol. The molecule has 1 fully saturated rings. The van der Waals surface area contributed by atoms with Crippen molar-refractivity contribution in [1.29, 1.82) is 0 Å². The Balaban J connectivity index is 1.25. The van der Waals surface area contributed by atoms with E-state index in [0.717, 1.165) is 11.8 Å². The predicted molar refractivity (Wildman–Crippen MR) is 162 cm³/mol. The lowest BCUT2D eigenvalue weighted by molar-refractivity contribution is -0.160. The summed E-state index contributed by atoms with van der Waals surface area (Å²) in [5.41, 5.74) is 1.09. The molecule has 0 bridgehead atoms. The van der Waals surface area contributed by atoms with Gasteiger partial charge in [0, 0.05) is 43.0 Å². The molecule has 240 valence electrons. The van der Waals surface area contributed by atoms with Gasteiger partial charge in [-0.3, -0.25) is 9.89 Å². The van der Waals surface area contributed by atoms with Gasteiger partial charge in [-0.1, -0.05) is 6.07 Å². The van der Waals surface area contributed by atoms with Crippen molar-refractivity contribution >= 4 is 40.5 Å². The second-order valence-electron chi connectivity index (χ2n) is 11.9. The topological polar surface area (TPSA) is 152 Å². The molecule has 4 heterocycles. The summed E-state index contributed by atoms with van der Waals surface area (Å²) >= 11 is 0. The van der Waals surface area contributed by atoms with Crippen molar-refractivity contribution in [1.82, 2.24) is 34.8 Å². The third-order valence-electron chi connectivity index (χ3n) is 7.12. The molecule has 0 atom stereocenters. The van der Waals surface area contributed by atoms with Gasteiger partial charge in [-0.25, -0.2) is 18.3 Å². The highest BCUT2D eigenvalue weighted by molar-refractivity contribution is 5.89. The van der Waals surface area contributed by atoms with Crippen LogP contribution in [0.1, 0.15) is 57.3 Å². The number of aromatic amines is 1. The Bertz CT molecular complexity index is 1660. The van der Waals surface area contributed by atoms with Gasteiger partial charge in [-0.15, -0.1) is 0 Å². The van der Waals surface area contributed by atoms with E-state index in [1.54, 1.807) is 31.9 Å². The summed E-state index contributed by atoms with van der Waals surface area (Å²) in [6.45, 7) is 8.23. The number of carbonyl (C=O) groups excluding carboxylic acids is 2. The summed E-state index contributed by atoms with van der Waals surface area (Å²) in [7, 11) is 0. The van der Waals surface area contributed by atoms with Crippen LogP contribution in [0.25, 0.3) is 11.0 Å². The van der Waals surface area contributed by atoms with Crippen LogP contribution in [0.3, 0.4) is 0 Å². The molecule has 0 saturated carbocycles. The normalized spacial score (nSPS) is 14.1. The standard InChI is InChI=1S/C30H37F2N9O4/c1-18-13-24(39-38-18)35-27-22-16-34-41(28(22)37-29(36-27)33-15-19-5-6-20(31)14-23(19)32)21-7-10-40(11-8-21)25(42)9-12-44-17-26(43)45-30(2,3)4/h5-6,13-14,16,21H,7-12,15,17H2,1-4H3,(H3,33,35,36,37,38,39). The zero-order chi connectivity index (χ0) is 32.1. The van der Waals surface area contributed by atoms with Crippen molar-refractivity contribution in [2.45, 2.75) is 65.1 Å². The average molecular weight is 626 g/mol. The van der Waals surface area contributed by atoms with Crippen LogP contribution in [0.4, 0.5) is 26.4 Å². The molecule has 0 unspecified atom stereocenters. The molecule has 45 heavy (non-hydrogen) atoms. The van der Waals surface area contributed by atoms with Gasteiger partial charge in [0.25, 0.3) is 0 Å². The van der Waals surface area contributed by atoms with Gasteiger partial charge in [0.05, 0.1) is 30.7 Å². The number of likely N-dealkylation sites (tertiary alicyclic amines) is 1. The van der Waals surface area contributed by atoms with Crippen LogP contribution in [0.15, 0.2) is 30.5 Å². The molecule has 0 spiro atoms. The number of fused-ring (bicyclic) bond motifs is 1. The Morgan fingerprint density at radius 2 is 1.91 bits per heavy atom. The predicted octanol–water partition coefficient (Wildman–Crippen LogP) is 4.40. The van der Waals surface area contributed by atoms with Crippen LogP contribution < -0.4 is 10.6 Å². The molecule has 1 aromatic carbocycles. The van der Waals surface area contributed by atoms with Gasteiger partial charge >= 0.3 is 5.97 Å². The maximum Gasteiger partial charge on any atom is 0.332 e. The molecule has 0 aliphatic carbocycles. The number of amides is 1. The summed E-state index contributed by atoms with van der Waals surface area (Å²) in [5.74, 6) is -0.610. The molecule has 15 heteroatoms. The van der Waals surface area contributed by atoms with Crippen LogP contribution in [-0.2, 0) is 25.6 Å². The minimum absolute atomic E-state index is 0.0345. The van der Waals surface area contributed by atoms with Crippen LogP contribution in [0, 0.1) is 18.6 Å².